The number of hydrogen-bond donors (Lipinski definition) is 1. The average Bonchev–Trinajstić information content (AvgIpc) is 2.57. The first kappa shape index (κ1) is 24.0. The highest BCUT2D eigenvalue weighted by Crippen LogP contribution is 2.37. The van der Waals surface area contributed by atoms with Crippen LogP contribution in [0.15, 0.2) is 0 Å². The van der Waals surface area contributed by atoms with Crippen LogP contribution in [0.1, 0.15) is 40.5 Å². The number of Topliss-reactive ketones (excluding diaryl/α,β-unsaturated/α-hetero) is 1. The molecule has 0 amide bonds. The number of esters is 1. The van der Waals surface area contributed by atoms with Crippen LogP contribution in [0.25, 0.3) is 0 Å². The van der Waals surface area contributed by atoms with Crippen LogP contribution in [0.4, 0.5) is 0 Å². The molecule has 1 heterocycles. The van der Waals surface area contributed by atoms with Crippen LogP contribution in [0.2, 0.25) is 18.1 Å². The summed E-state index contributed by atoms with van der Waals surface area (Å²) in [6, 6.07) is 0. The Morgan fingerprint density at radius 1 is 1.23 bits per heavy atom. The molecule has 5 nitrogen and oxygen atoms in total. The van der Waals surface area contributed by atoms with Crippen LogP contribution in [-0.4, -0.2) is 60.6 Å². The summed E-state index contributed by atoms with van der Waals surface area (Å²) in [5, 5.41) is 10.5. The van der Waals surface area contributed by atoms with E-state index in [0.717, 1.165) is 17.9 Å². The summed E-state index contributed by atoms with van der Waals surface area (Å²) in [4.78, 5) is 25.0. The monoisotopic (exact) mass is 422 g/mol. The summed E-state index contributed by atoms with van der Waals surface area (Å²) in [7, 11) is -1.94. The van der Waals surface area contributed by atoms with Gasteiger partial charge in [0.25, 0.3) is 0 Å². The fourth-order valence-electron chi connectivity index (χ4n) is 2.33. The minimum Gasteiger partial charge on any atom is -0.464 e. The maximum atomic E-state index is 12.9. The number of hydrogen-bond acceptors (Lipinski definition) is 7. The number of ether oxygens (including phenoxy) is 1. The van der Waals surface area contributed by atoms with Gasteiger partial charge in [-0.05, 0) is 49.4 Å². The van der Waals surface area contributed by atoms with Gasteiger partial charge in [0.15, 0.2) is 20.2 Å². The molecule has 0 aromatic rings. The van der Waals surface area contributed by atoms with Crippen molar-refractivity contribution in [3.05, 3.63) is 0 Å². The number of aliphatic hydroxyl groups excluding tert-OH is 1. The maximum absolute atomic E-state index is 12.9. The first-order valence-electron chi connectivity index (χ1n) is 9.27. The standard InChI is InChI=1S/C18H34O5S2Si/c1-7-22-16(21)14(19)13(15(20)17-24-11-8-12-25-17)9-10-23-26(5,6)18(2,3)4/h13-14,17,19H,7-12H2,1-6H3. The fraction of sp³-hybridized carbons (Fsp3) is 0.889. The van der Waals surface area contributed by atoms with Gasteiger partial charge < -0.3 is 14.3 Å². The Hall–Kier alpha value is -0.0231. The Labute approximate surface area is 167 Å². The van der Waals surface area contributed by atoms with Gasteiger partial charge in [-0.2, -0.15) is 0 Å². The van der Waals surface area contributed by atoms with Crippen LogP contribution in [0.5, 0.6) is 0 Å². The number of thioether (sulfide) groups is 2. The molecule has 1 fully saturated rings. The molecule has 0 bridgehead atoms. The van der Waals surface area contributed by atoms with E-state index >= 15 is 0 Å². The van der Waals surface area contributed by atoms with Gasteiger partial charge in [0.05, 0.1) is 12.5 Å². The zero-order valence-electron chi connectivity index (χ0n) is 16.9. The predicted octanol–water partition coefficient (Wildman–Crippen LogP) is 3.70. The topological polar surface area (TPSA) is 72.8 Å². The Morgan fingerprint density at radius 2 is 1.81 bits per heavy atom. The molecule has 8 heteroatoms. The number of carbonyl (C=O) groups excluding carboxylic acids is 2. The number of ketones is 1. The molecule has 0 aromatic carbocycles. The van der Waals surface area contributed by atoms with Gasteiger partial charge in [0, 0.05) is 6.61 Å². The van der Waals surface area contributed by atoms with Gasteiger partial charge in [0.2, 0.25) is 0 Å². The van der Waals surface area contributed by atoms with Gasteiger partial charge in [-0.1, -0.05) is 20.8 Å². The molecule has 1 saturated heterocycles. The zero-order chi connectivity index (χ0) is 20.0. The second kappa shape index (κ2) is 10.5. The van der Waals surface area contributed by atoms with E-state index in [2.05, 4.69) is 33.9 Å². The van der Waals surface area contributed by atoms with Crippen molar-refractivity contribution in [3.8, 4) is 0 Å². The lowest BCUT2D eigenvalue weighted by Gasteiger charge is -2.36. The van der Waals surface area contributed by atoms with Crippen molar-refractivity contribution in [3.63, 3.8) is 0 Å². The quantitative estimate of drug-likeness (QED) is 0.448. The maximum Gasteiger partial charge on any atom is 0.335 e. The molecule has 0 saturated carbocycles. The van der Waals surface area contributed by atoms with Gasteiger partial charge in [-0.3, -0.25) is 4.79 Å². The van der Waals surface area contributed by atoms with Gasteiger partial charge in [0.1, 0.15) is 4.58 Å². The molecule has 0 radical (unpaired) electrons. The van der Waals surface area contributed by atoms with E-state index in [4.69, 9.17) is 9.16 Å². The molecule has 0 aromatic heterocycles. The van der Waals surface area contributed by atoms with Crippen molar-refractivity contribution in [1.82, 2.24) is 0 Å². The highest BCUT2D eigenvalue weighted by molar-refractivity contribution is 8.18. The normalized spacial score (nSPS) is 19.0. The third-order valence-electron chi connectivity index (χ3n) is 5.03. The first-order chi connectivity index (χ1) is 12.0. The lowest BCUT2D eigenvalue weighted by atomic mass is 9.94. The van der Waals surface area contributed by atoms with E-state index in [1.54, 1.807) is 30.4 Å². The van der Waals surface area contributed by atoms with Crippen molar-refractivity contribution in [1.29, 1.82) is 0 Å². The molecule has 2 atom stereocenters. The molecule has 26 heavy (non-hydrogen) atoms. The predicted molar refractivity (Wildman–Crippen MR) is 112 cm³/mol. The van der Waals surface area contributed by atoms with Gasteiger partial charge in [-0.25, -0.2) is 4.79 Å². The third kappa shape index (κ3) is 6.85. The molecule has 2 unspecified atom stereocenters. The second-order valence-corrected chi connectivity index (χ2v) is 15.6. The Kier molecular flexibility index (Phi) is 9.70. The molecule has 1 N–H and O–H groups in total. The van der Waals surface area contributed by atoms with Crippen molar-refractivity contribution in [2.75, 3.05) is 24.7 Å². The lowest BCUT2D eigenvalue weighted by Crippen LogP contribution is -2.43. The average molecular weight is 423 g/mol. The van der Waals surface area contributed by atoms with Gasteiger partial charge in [-0.15, -0.1) is 23.5 Å². The number of rotatable bonds is 9. The van der Waals surface area contributed by atoms with E-state index in [-0.39, 0.29) is 22.0 Å². The summed E-state index contributed by atoms with van der Waals surface area (Å²) < 4.78 is 10.9. The summed E-state index contributed by atoms with van der Waals surface area (Å²) in [6.45, 7) is 13.0. The lowest BCUT2D eigenvalue weighted by molar-refractivity contribution is -0.158. The third-order valence-corrected chi connectivity index (χ3v) is 12.5. The first-order valence-corrected chi connectivity index (χ1v) is 14.3. The second-order valence-electron chi connectivity index (χ2n) is 8.03. The largest absolute Gasteiger partial charge is 0.464 e. The van der Waals surface area contributed by atoms with E-state index in [9.17, 15) is 14.7 Å². The molecular formula is C18H34O5S2Si. The Balaban J connectivity index is 2.80. The summed E-state index contributed by atoms with van der Waals surface area (Å²) in [5.74, 6) is 0.308. The molecule has 0 spiro atoms. The van der Waals surface area contributed by atoms with Crippen molar-refractivity contribution >= 4 is 43.6 Å². The molecular weight excluding hydrogens is 388 g/mol. The van der Waals surface area contributed by atoms with Crippen LogP contribution in [0, 0.1) is 5.92 Å². The SMILES string of the molecule is CCOC(=O)C(O)C(CCO[Si](C)(C)C(C)(C)C)C(=O)C1SCCCS1. The molecule has 152 valence electrons. The van der Waals surface area contributed by atoms with Crippen LogP contribution in [-0.2, 0) is 18.8 Å². The number of aliphatic hydroxyl groups is 1. The van der Waals surface area contributed by atoms with Crippen LogP contribution < -0.4 is 0 Å². The van der Waals surface area contributed by atoms with Crippen LogP contribution >= 0.6 is 23.5 Å². The summed E-state index contributed by atoms with van der Waals surface area (Å²) >= 11 is 3.21. The van der Waals surface area contributed by atoms with Gasteiger partial charge >= 0.3 is 5.97 Å². The van der Waals surface area contributed by atoms with E-state index in [1.807, 2.05) is 0 Å². The highest BCUT2D eigenvalue weighted by atomic mass is 32.2. The molecule has 1 rings (SSSR count). The van der Waals surface area contributed by atoms with E-state index in [0.29, 0.717) is 13.0 Å². The van der Waals surface area contributed by atoms with Crippen molar-refractivity contribution in [2.24, 2.45) is 5.92 Å². The molecule has 1 aliphatic heterocycles. The Bertz CT molecular complexity index is 473. The zero-order valence-corrected chi connectivity index (χ0v) is 19.5. The summed E-state index contributed by atoms with van der Waals surface area (Å²) in [5.41, 5.74) is 0. The Morgan fingerprint density at radius 3 is 2.31 bits per heavy atom. The summed E-state index contributed by atoms with van der Waals surface area (Å²) in [6.07, 6.45) is -0.00431. The van der Waals surface area contributed by atoms with Crippen molar-refractivity contribution in [2.45, 2.75) is 69.4 Å². The van der Waals surface area contributed by atoms with E-state index in [1.165, 1.54) is 0 Å². The molecule has 0 aliphatic carbocycles. The highest BCUT2D eigenvalue weighted by Gasteiger charge is 2.40. The number of carbonyl (C=O) groups is 2. The van der Waals surface area contributed by atoms with Crippen LogP contribution in [0.3, 0.4) is 0 Å². The minimum atomic E-state index is -1.94. The molecule has 1 aliphatic rings. The minimum absolute atomic E-state index is 0.0703. The smallest absolute Gasteiger partial charge is 0.335 e. The van der Waals surface area contributed by atoms with Crippen molar-refractivity contribution < 1.29 is 23.9 Å². The fourth-order valence-corrected chi connectivity index (χ4v) is 6.27. The van der Waals surface area contributed by atoms with E-state index < -0.39 is 26.3 Å².